The molecule has 3 aromatic heterocycles. The molecule has 0 aliphatic carbocycles. The van der Waals surface area contributed by atoms with Crippen LogP contribution in [0.4, 0.5) is 31.3 Å². The van der Waals surface area contributed by atoms with Gasteiger partial charge < -0.3 is 14.9 Å². The SMILES string of the molecule is CC(C)c1ncn(CC(=O)N2CCN(c3sc(C(F)(F)F)nc3-c3cnc(C(F)(F)F)nc3)C[C@@H]2CO)n1. The minimum Gasteiger partial charge on any atom is -0.394 e. The number of rotatable bonds is 6. The Bertz CT molecular complexity index is 1270. The zero-order valence-electron chi connectivity index (χ0n) is 20.0. The van der Waals surface area contributed by atoms with Crippen LogP contribution in [0, 0.1) is 0 Å². The fourth-order valence-electron chi connectivity index (χ4n) is 3.84. The molecule has 0 bridgehead atoms. The normalized spacial score (nSPS) is 16.9. The number of hydrogen-bond acceptors (Lipinski definition) is 9. The molecule has 1 aliphatic heterocycles. The molecular formula is C21H22F6N8O2S. The Kier molecular flexibility index (Phi) is 7.60. The standard InChI is InChI=1S/C21H22F6N8O2S/c1-11(2)16-30-10-34(32-16)8-14(37)35-4-3-33(7-13(35)9-36)17-15(31-19(38-17)21(25,26)27)12-5-28-18(29-6-12)20(22,23)24/h5-6,10-11,13,36H,3-4,7-9H2,1-2H3/t13-/m1/s1. The Labute approximate surface area is 216 Å². The molecule has 38 heavy (non-hydrogen) atoms. The predicted molar refractivity (Wildman–Crippen MR) is 122 cm³/mol. The van der Waals surface area contributed by atoms with E-state index in [0.717, 1.165) is 12.4 Å². The molecule has 17 heteroatoms. The summed E-state index contributed by atoms with van der Waals surface area (Å²) in [5.74, 6) is -1.17. The van der Waals surface area contributed by atoms with Gasteiger partial charge in [0.2, 0.25) is 16.7 Å². The van der Waals surface area contributed by atoms with Gasteiger partial charge in [0, 0.05) is 43.5 Å². The minimum absolute atomic E-state index is 0.0177. The van der Waals surface area contributed by atoms with Crippen LogP contribution in [0.1, 0.15) is 36.4 Å². The summed E-state index contributed by atoms with van der Waals surface area (Å²) in [5.41, 5.74) is -0.373. The number of carbonyl (C=O) groups is 1. The molecule has 4 heterocycles. The molecule has 10 nitrogen and oxygen atoms in total. The van der Waals surface area contributed by atoms with E-state index in [1.54, 1.807) is 0 Å². The Morgan fingerprint density at radius 3 is 2.34 bits per heavy atom. The number of alkyl halides is 6. The Hall–Kier alpha value is -3.34. The summed E-state index contributed by atoms with van der Waals surface area (Å²) in [7, 11) is 0. The van der Waals surface area contributed by atoms with Gasteiger partial charge in [0.25, 0.3) is 0 Å². The first kappa shape index (κ1) is 27.7. The van der Waals surface area contributed by atoms with Gasteiger partial charge in [0.15, 0.2) is 5.82 Å². The number of amides is 1. The molecule has 4 rings (SSSR count). The van der Waals surface area contributed by atoms with Crippen molar-refractivity contribution in [2.75, 3.05) is 31.1 Å². The van der Waals surface area contributed by atoms with Crippen molar-refractivity contribution in [3.63, 3.8) is 0 Å². The highest BCUT2D eigenvalue weighted by Crippen LogP contribution is 2.43. The van der Waals surface area contributed by atoms with Crippen LogP contribution < -0.4 is 4.90 Å². The van der Waals surface area contributed by atoms with Gasteiger partial charge in [0.05, 0.1) is 12.6 Å². The molecule has 0 saturated carbocycles. The van der Waals surface area contributed by atoms with Gasteiger partial charge in [-0.25, -0.2) is 24.6 Å². The highest BCUT2D eigenvalue weighted by molar-refractivity contribution is 7.16. The number of anilines is 1. The summed E-state index contributed by atoms with van der Waals surface area (Å²) in [6, 6.07) is -0.766. The molecule has 1 aliphatic rings. The number of halogens is 6. The van der Waals surface area contributed by atoms with Crippen molar-refractivity contribution in [3.8, 4) is 11.3 Å². The second-order valence-electron chi connectivity index (χ2n) is 8.79. The summed E-state index contributed by atoms with van der Waals surface area (Å²) in [4.78, 5) is 30.1. The van der Waals surface area contributed by atoms with Crippen molar-refractivity contribution in [2.45, 2.75) is 44.7 Å². The van der Waals surface area contributed by atoms with E-state index in [9.17, 15) is 36.2 Å². The molecule has 206 valence electrons. The molecule has 1 amide bonds. The highest BCUT2D eigenvalue weighted by atomic mass is 32.1. The van der Waals surface area contributed by atoms with Crippen LogP contribution in [-0.4, -0.2) is 77.9 Å². The van der Waals surface area contributed by atoms with Gasteiger partial charge >= 0.3 is 12.4 Å². The van der Waals surface area contributed by atoms with Crippen LogP contribution in [0.5, 0.6) is 0 Å². The van der Waals surface area contributed by atoms with Crippen LogP contribution in [0.15, 0.2) is 18.7 Å². The summed E-state index contributed by atoms with van der Waals surface area (Å²) in [5, 5.41) is 13.0. The second kappa shape index (κ2) is 10.4. The van der Waals surface area contributed by atoms with E-state index in [2.05, 4.69) is 25.0 Å². The number of aliphatic hydroxyl groups excluding tert-OH is 1. The van der Waals surface area contributed by atoms with Crippen molar-refractivity contribution >= 4 is 22.2 Å². The third kappa shape index (κ3) is 5.87. The van der Waals surface area contributed by atoms with E-state index in [1.165, 1.54) is 20.8 Å². The van der Waals surface area contributed by atoms with Crippen molar-refractivity contribution in [1.29, 1.82) is 0 Å². The predicted octanol–water partition coefficient (Wildman–Crippen LogP) is 3.06. The van der Waals surface area contributed by atoms with E-state index in [-0.39, 0.29) is 54.3 Å². The van der Waals surface area contributed by atoms with Crippen LogP contribution in [-0.2, 0) is 23.7 Å². The molecule has 1 atom stereocenters. The Morgan fingerprint density at radius 2 is 1.79 bits per heavy atom. The summed E-state index contributed by atoms with van der Waals surface area (Å²) < 4.78 is 80.4. The van der Waals surface area contributed by atoms with Gasteiger partial charge in [-0.1, -0.05) is 25.2 Å². The first-order valence-corrected chi connectivity index (χ1v) is 12.1. The van der Waals surface area contributed by atoms with E-state index in [0.29, 0.717) is 17.2 Å². The lowest BCUT2D eigenvalue weighted by Gasteiger charge is -2.41. The molecule has 0 radical (unpaired) electrons. The molecule has 1 N–H and O–H groups in total. The molecule has 0 spiro atoms. The zero-order chi connectivity index (χ0) is 27.8. The van der Waals surface area contributed by atoms with Crippen molar-refractivity contribution < 1.29 is 36.2 Å². The number of aliphatic hydroxyl groups is 1. The van der Waals surface area contributed by atoms with Crippen LogP contribution in [0.2, 0.25) is 0 Å². The van der Waals surface area contributed by atoms with Gasteiger partial charge in [-0.05, 0) is 0 Å². The quantitative estimate of drug-likeness (QED) is 0.455. The molecule has 0 aromatic carbocycles. The number of piperazine rings is 1. The number of nitrogens with zero attached hydrogens (tertiary/aromatic N) is 8. The Morgan fingerprint density at radius 1 is 1.11 bits per heavy atom. The van der Waals surface area contributed by atoms with Crippen molar-refractivity contribution in [3.05, 3.63) is 35.4 Å². The second-order valence-corrected chi connectivity index (χ2v) is 9.77. The topological polar surface area (TPSA) is 113 Å². The van der Waals surface area contributed by atoms with E-state index < -0.39 is 35.8 Å². The maximum atomic E-state index is 13.5. The van der Waals surface area contributed by atoms with Gasteiger partial charge in [-0.2, -0.15) is 31.4 Å². The molecule has 0 unspecified atom stereocenters. The fraction of sp³-hybridized carbons (Fsp3) is 0.524. The summed E-state index contributed by atoms with van der Waals surface area (Å²) in [6.45, 7) is 3.31. The average Bonchev–Trinajstić information content (AvgIpc) is 3.51. The van der Waals surface area contributed by atoms with Crippen LogP contribution >= 0.6 is 11.3 Å². The number of aromatic nitrogens is 6. The van der Waals surface area contributed by atoms with Crippen LogP contribution in [0.25, 0.3) is 11.3 Å². The van der Waals surface area contributed by atoms with Crippen LogP contribution in [0.3, 0.4) is 0 Å². The maximum absolute atomic E-state index is 13.5. The fourth-order valence-corrected chi connectivity index (χ4v) is 4.83. The lowest BCUT2D eigenvalue weighted by atomic mass is 10.1. The monoisotopic (exact) mass is 564 g/mol. The van der Waals surface area contributed by atoms with Crippen molar-refractivity contribution in [2.24, 2.45) is 0 Å². The number of thiazole rings is 1. The first-order chi connectivity index (χ1) is 17.8. The van der Waals surface area contributed by atoms with E-state index in [1.807, 2.05) is 13.8 Å². The summed E-state index contributed by atoms with van der Waals surface area (Å²) in [6.07, 6.45) is -6.67. The average molecular weight is 565 g/mol. The third-order valence-corrected chi connectivity index (χ3v) is 6.86. The minimum atomic E-state index is -4.82. The Balaban J connectivity index is 1.57. The van der Waals surface area contributed by atoms with Gasteiger partial charge in [-0.3, -0.25) is 4.79 Å². The largest absolute Gasteiger partial charge is 0.451 e. The smallest absolute Gasteiger partial charge is 0.394 e. The van der Waals surface area contributed by atoms with E-state index >= 15 is 0 Å². The number of hydrogen-bond donors (Lipinski definition) is 1. The lowest BCUT2D eigenvalue weighted by Crippen LogP contribution is -2.57. The summed E-state index contributed by atoms with van der Waals surface area (Å²) >= 11 is 0.312. The molecule has 1 fully saturated rings. The molecule has 1 saturated heterocycles. The van der Waals surface area contributed by atoms with Gasteiger partial charge in [0.1, 0.15) is 23.6 Å². The van der Waals surface area contributed by atoms with E-state index in [4.69, 9.17) is 0 Å². The third-order valence-electron chi connectivity index (χ3n) is 5.70. The highest BCUT2D eigenvalue weighted by Gasteiger charge is 2.39. The maximum Gasteiger partial charge on any atom is 0.451 e. The zero-order valence-corrected chi connectivity index (χ0v) is 20.8. The first-order valence-electron chi connectivity index (χ1n) is 11.3. The lowest BCUT2D eigenvalue weighted by molar-refractivity contribution is -0.145. The van der Waals surface area contributed by atoms with Crippen molar-refractivity contribution in [1.82, 2.24) is 34.6 Å². The molecular weight excluding hydrogens is 542 g/mol. The number of carbonyl (C=O) groups excluding carboxylic acids is 1. The molecule has 3 aromatic rings. The van der Waals surface area contributed by atoms with Gasteiger partial charge in [-0.15, -0.1) is 0 Å².